The average molecular weight is 317 g/mol. The largest absolute Gasteiger partial charge is 0.486 e. The maximum absolute atomic E-state index is 5.94. The van der Waals surface area contributed by atoms with Gasteiger partial charge in [-0.15, -0.1) is 0 Å². The first-order valence-electron chi connectivity index (χ1n) is 8.76. The smallest absolute Gasteiger partial charge is 0.191 e. The van der Waals surface area contributed by atoms with Crippen LogP contribution in [0.4, 0.5) is 0 Å². The molecule has 1 heterocycles. The van der Waals surface area contributed by atoms with Crippen LogP contribution < -0.4 is 20.1 Å². The summed E-state index contributed by atoms with van der Waals surface area (Å²) in [5.74, 6) is 3.48. The van der Waals surface area contributed by atoms with E-state index in [-0.39, 0.29) is 6.10 Å². The zero-order valence-electron chi connectivity index (χ0n) is 13.9. The summed E-state index contributed by atoms with van der Waals surface area (Å²) in [5.41, 5.74) is 0. The van der Waals surface area contributed by atoms with Crippen LogP contribution in [0.1, 0.15) is 32.6 Å². The lowest BCUT2D eigenvalue weighted by Gasteiger charge is -2.25. The summed E-state index contributed by atoms with van der Waals surface area (Å²) in [6.07, 6.45) is 5.37. The first kappa shape index (κ1) is 16.0. The summed E-state index contributed by atoms with van der Waals surface area (Å²) < 4.78 is 11.7. The van der Waals surface area contributed by atoms with Crippen LogP contribution in [-0.2, 0) is 0 Å². The van der Waals surface area contributed by atoms with E-state index in [1.54, 1.807) is 0 Å². The maximum Gasteiger partial charge on any atom is 0.191 e. The number of hydrogen-bond acceptors (Lipinski definition) is 3. The molecule has 0 amide bonds. The minimum atomic E-state index is -0.0354. The number of rotatable bonds is 7. The molecule has 126 valence electrons. The Morgan fingerprint density at radius 1 is 1.22 bits per heavy atom. The quantitative estimate of drug-likeness (QED) is 0.461. The number of nitrogens with one attached hydrogen (secondary N) is 2. The van der Waals surface area contributed by atoms with Crippen molar-refractivity contribution in [3.05, 3.63) is 24.3 Å². The molecule has 5 nitrogen and oxygen atoms in total. The van der Waals surface area contributed by atoms with E-state index in [1.165, 1.54) is 25.7 Å². The third kappa shape index (κ3) is 5.05. The molecule has 0 saturated heterocycles. The van der Waals surface area contributed by atoms with E-state index in [1.807, 2.05) is 24.3 Å². The molecule has 1 aromatic rings. The molecule has 0 bridgehead atoms. The number of fused-ring (bicyclic) bond motifs is 1. The van der Waals surface area contributed by atoms with Crippen molar-refractivity contribution < 1.29 is 9.47 Å². The minimum Gasteiger partial charge on any atom is -0.486 e. The van der Waals surface area contributed by atoms with Crippen molar-refractivity contribution in [2.75, 3.05) is 26.2 Å². The summed E-state index contributed by atoms with van der Waals surface area (Å²) >= 11 is 0. The molecule has 1 fully saturated rings. The summed E-state index contributed by atoms with van der Waals surface area (Å²) in [6, 6.07) is 7.78. The molecular weight excluding hydrogens is 290 g/mol. The molecule has 1 aliphatic heterocycles. The van der Waals surface area contributed by atoms with Gasteiger partial charge in [-0.05, 0) is 37.8 Å². The first-order chi connectivity index (χ1) is 11.3. The molecule has 1 unspecified atom stereocenters. The van der Waals surface area contributed by atoms with E-state index in [0.29, 0.717) is 13.2 Å². The minimum absolute atomic E-state index is 0.0354. The molecule has 23 heavy (non-hydrogen) atoms. The van der Waals surface area contributed by atoms with Crippen molar-refractivity contribution in [1.29, 1.82) is 0 Å². The summed E-state index contributed by atoms with van der Waals surface area (Å²) in [7, 11) is 0. The first-order valence-corrected chi connectivity index (χ1v) is 8.76. The van der Waals surface area contributed by atoms with E-state index >= 15 is 0 Å². The molecule has 1 aliphatic carbocycles. The van der Waals surface area contributed by atoms with Crippen LogP contribution in [-0.4, -0.2) is 38.3 Å². The van der Waals surface area contributed by atoms with Crippen LogP contribution in [0.15, 0.2) is 29.3 Å². The van der Waals surface area contributed by atoms with Crippen LogP contribution in [0.2, 0.25) is 0 Å². The van der Waals surface area contributed by atoms with Crippen LogP contribution in [0.25, 0.3) is 0 Å². The van der Waals surface area contributed by atoms with Crippen LogP contribution >= 0.6 is 0 Å². The Hall–Kier alpha value is -1.91. The zero-order valence-corrected chi connectivity index (χ0v) is 13.9. The van der Waals surface area contributed by atoms with Gasteiger partial charge in [0.25, 0.3) is 0 Å². The van der Waals surface area contributed by atoms with E-state index in [9.17, 15) is 0 Å². The molecule has 0 aromatic heterocycles. The average Bonchev–Trinajstić information content (AvgIpc) is 3.40. The highest BCUT2D eigenvalue weighted by Crippen LogP contribution is 2.33. The third-order valence-corrected chi connectivity index (χ3v) is 4.14. The Morgan fingerprint density at radius 3 is 2.83 bits per heavy atom. The molecule has 2 aliphatic rings. The van der Waals surface area contributed by atoms with Crippen molar-refractivity contribution in [1.82, 2.24) is 10.6 Å². The van der Waals surface area contributed by atoms with Gasteiger partial charge in [0.15, 0.2) is 23.6 Å². The number of benzene rings is 1. The lowest BCUT2D eigenvalue weighted by atomic mass is 10.2. The summed E-state index contributed by atoms with van der Waals surface area (Å²) in [5, 5.41) is 6.69. The van der Waals surface area contributed by atoms with Gasteiger partial charge in [-0.1, -0.05) is 25.0 Å². The molecule has 0 radical (unpaired) electrons. The Morgan fingerprint density at radius 2 is 2.04 bits per heavy atom. The summed E-state index contributed by atoms with van der Waals surface area (Å²) in [4.78, 5) is 4.63. The number of para-hydroxylation sites is 2. The van der Waals surface area contributed by atoms with Crippen molar-refractivity contribution in [2.45, 2.75) is 38.7 Å². The standard InChI is InChI=1S/C18H27N3O2/c1-2-19-18(20-11-5-6-14-9-10-14)21-12-15-13-22-16-7-3-4-8-17(16)23-15/h3-4,7-8,14-15H,2,5-6,9-13H2,1H3,(H2,19,20,21). The van der Waals surface area contributed by atoms with Gasteiger partial charge >= 0.3 is 0 Å². The van der Waals surface area contributed by atoms with Gasteiger partial charge in [-0.2, -0.15) is 0 Å². The topological polar surface area (TPSA) is 54.9 Å². The zero-order chi connectivity index (χ0) is 15.9. The van der Waals surface area contributed by atoms with Crippen molar-refractivity contribution in [3.8, 4) is 11.5 Å². The normalized spacial score (nSPS) is 20.2. The number of guanidine groups is 1. The van der Waals surface area contributed by atoms with Gasteiger partial charge in [0.05, 0.1) is 6.54 Å². The fourth-order valence-electron chi connectivity index (χ4n) is 2.69. The van der Waals surface area contributed by atoms with E-state index in [2.05, 4.69) is 22.5 Å². The fraction of sp³-hybridized carbons (Fsp3) is 0.611. The van der Waals surface area contributed by atoms with E-state index < -0.39 is 0 Å². The van der Waals surface area contributed by atoms with Gasteiger partial charge < -0.3 is 20.1 Å². The van der Waals surface area contributed by atoms with Gasteiger partial charge in [0.1, 0.15) is 6.61 Å². The molecule has 3 rings (SSSR count). The van der Waals surface area contributed by atoms with Crippen LogP contribution in [0.3, 0.4) is 0 Å². The summed E-state index contributed by atoms with van der Waals surface area (Å²) in [6.45, 7) is 5.05. The second-order valence-electron chi connectivity index (χ2n) is 6.23. The van der Waals surface area contributed by atoms with Crippen molar-refractivity contribution >= 4 is 5.96 Å². The SMILES string of the molecule is CCNC(=NCC1COc2ccccc2O1)NCCCC1CC1. The molecule has 0 spiro atoms. The Labute approximate surface area is 138 Å². The molecule has 1 atom stereocenters. The number of hydrogen-bond donors (Lipinski definition) is 2. The molecule has 5 heteroatoms. The predicted octanol–water partition coefficient (Wildman–Crippen LogP) is 2.57. The molecule has 1 saturated carbocycles. The number of ether oxygens (including phenoxy) is 2. The third-order valence-electron chi connectivity index (χ3n) is 4.14. The van der Waals surface area contributed by atoms with Gasteiger partial charge in [0.2, 0.25) is 0 Å². The molecular formula is C18H27N3O2. The van der Waals surface area contributed by atoms with E-state index in [4.69, 9.17) is 9.47 Å². The van der Waals surface area contributed by atoms with Crippen molar-refractivity contribution in [2.24, 2.45) is 10.9 Å². The number of aliphatic imine (C=N–C) groups is 1. The Balaban J connectivity index is 1.45. The highest BCUT2D eigenvalue weighted by Gasteiger charge is 2.21. The van der Waals surface area contributed by atoms with Gasteiger partial charge in [-0.3, -0.25) is 0 Å². The van der Waals surface area contributed by atoms with Crippen molar-refractivity contribution in [3.63, 3.8) is 0 Å². The second kappa shape index (κ2) is 8.09. The van der Waals surface area contributed by atoms with Crippen LogP contribution in [0, 0.1) is 5.92 Å². The number of nitrogens with zero attached hydrogens (tertiary/aromatic N) is 1. The Kier molecular flexibility index (Phi) is 5.61. The lowest BCUT2D eigenvalue weighted by Crippen LogP contribution is -2.39. The molecule has 1 aromatic carbocycles. The lowest BCUT2D eigenvalue weighted by molar-refractivity contribution is 0.0971. The van der Waals surface area contributed by atoms with Crippen LogP contribution in [0.5, 0.6) is 11.5 Å². The fourth-order valence-corrected chi connectivity index (χ4v) is 2.69. The van der Waals surface area contributed by atoms with Gasteiger partial charge in [0, 0.05) is 13.1 Å². The van der Waals surface area contributed by atoms with E-state index in [0.717, 1.165) is 36.5 Å². The maximum atomic E-state index is 5.94. The highest BCUT2D eigenvalue weighted by molar-refractivity contribution is 5.79. The molecule has 2 N–H and O–H groups in total. The van der Waals surface area contributed by atoms with Gasteiger partial charge in [-0.25, -0.2) is 4.99 Å². The highest BCUT2D eigenvalue weighted by atomic mass is 16.6. The monoisotopic (exact) mass is 317 g/mol. The Bertz CT molecular complexity index is 529. The second-order valence-corrected chi connectivity index (χ2v) is 6.23. The predicted molar refractivity (Wildman–Crippen MR) is 92.3 cm³/mol.